The van der Waals surface area contributed by atoms with Gasteiger partial charge in [-0.25, -0.2) is 29.9 Å². The van der Waals surface area contributed by atoms with Crippen LogP contribution < -0.4 is 0 Å². The second-order valence-electron chi connectivity index (χ2n) is 17.7. The molecule has 0 atom stereocenters. The van der Waals surface area contributed by atoms with Gasteiger partial charge in [-0.2, -0.15) is 0 Å². The van der Waals surface area contributed by atoms with Crippen molar-refractivity contribution in [1.82, 2.24) is 59.8 Å². The lowest BCUT2D eigenvalue weighted by Gasteiger charge is -2.00. The zero-order valence-electron chi connectivity index (χ0n) is 59.2. The minimum Gasteiger partial charge on any atom is -0.254 e. The maximum Gasteiger partial charge on any atom is 0.159 e. The summed E-state index contributed by atoms with van der Waals surface area (Å²) in [4.78, 5) is 51.5. The molecule has 0 aliphatic heterocycles. The van der Waals surface area contributed by atoms with Gasteiger partial charge >= 0.3 is 0 Å². The summed E-state index contributed by atoms with van der Waals surface area (Å²) >= 11 is 0. The molecule has 12 nitrogen and oxygen atoms in total. The van der Waals surface area contributed by atoms with E-state index in [4.69, 9.17) is 0 Å². The lowest BCUT2D eigenvalue weighted by atomic mass is 10.1. The Morgan fingerprint density at radius 1 is 0.205 bits per heavy atom. The zero-order valence-corrected chi connectivity index (χ0v) is 59.2. The van der Waals surface area contributed by atoms with Crippen molar-refractivity contribution in [2.75, 3.05) is 0 Å². The first-order valence-electron chi connectivity index (χ1n) is 31.8. The summed E-state index contributed by atoms with van der Waals surface area (Å²) in [6.07, 6.45) is 10.7. The molecule has 88 heavy (non-hydrogen) atoms. The van der Waals surface area contributed by atoms with Crippen molar-refractivity contribution < 1.29 is 0 Å². The van der Waals surface area contributed by atoms with Crippen LogP contribution in [0.4, 0.5) is 0 Å². The predicted octanol–water partition coefficient (Wildman–Crippen LogP) is 21.7. The molecular weight excluding hydrogens is 1080 g/mol. The van der Waals surface area contributed by atoms with Gasteiger partial charge in [0.2, 0.25) is 0 Å². The average molecular weight is 1190 g/mol. The van der Waals surface area contributed by atoms with Gasteiger partial charge in [0.25, 0.3) is 0 Å². The molecule has 0 spiro atoms. The summed E-state index contributed by atoms with van der Waals surface area (Å²) in [6.45, 7) is 56.4. The summed E-state index contributed by atoms with van der Waals surface area (Å²) in [6, 6.07) is 36.0. The van der Waals surface area contributed by atoms with Crippen LogP contribution >= 0.6 is 0 Å². The van der Waals surface area contributed by atoms with E-state index in [2.05, 4.69) is 138 Å². The molecule has 0 saturated heterocycles. The standard InChI is InChI=1S/6C10H10N2.8C2H6/c3*1-7-6-8(2)12-9-4-3-5-11-10(7)9;3*1-7-6-8(2)12-10-9(7)4-3-5-11-10;8*1-2/h6*3-6H,1-2H3;8*1-2H3. The third-order valence-corrected chi connectivity index (χ3v) is 11.4. The molecule has 0 bridgehead atoms. The van der Waals surface area contributed by atoms with Crippen molar-refractivity contribution in [3.63, 3.8) is 0 Å². The van der Waals surface area contributed by atoms with E-state index in [-0.39, 0.29) is 0 Å². The number of aromatic nitrogens is 12. The second-order valence-corrected chi connectivity index (χ2v) is 17.7. The smallest absolute Gasteiger partial charge is 0.159 e. The molecule has 12 rings (SSSR count). The molecule has 0 N–H and O–H groups in total. The van der Waals surface area contributed by atoms with Crippen molar-refractivity contribution in [3.05, 3.63) is 214 Å². The van der Waals surface area contributed by atoms with Gasteiger partial charge in [-0.15, -0.1) is 0 Å². The third kappa shape index (κ3) is 27.0. The molecule has 0 aromatic carbocycles. The van der Waals surface area contributed by atoms with Crippen LogP contribution in [0.15, 0.2) is 146 Å². The fraction of sp³-hybridized carbons (Fsp3) is 0.368. The van der Waals surface area contributed by atoms with Crippen LogP contribution in [0.5, 0.6) is 0 Å². The monoisotopic (exact) mass is 1190 g/mol. The Bertz CT molecular complexity index is 3180. The molecule has 12 heterocycles. The largest absolute Gasteiger partial charge is 0.254 e. The highest BCUT2D eigenvalue weighted by atomic mass is 14.9. The number of hydrogen-bond acceptors (Lipinski definition) is 12. The number of nitrogens with zero attached hydrogens (tertiary/aromatic N) is 12. The summed E-state index contributed by atoms with van der Waals surface area (Å²) in [5, 5.41) is 3.43. The van der Waals surface area contributed by atoms with Gasteiger partial charge in [0.05, 0.1) is 33.1 Å². The number of fused-ring (bicyclic) bond motifs is 6. The first-order valence-corrected chi connectivity index (χ1v) is 31.8. The van der Waals surface area contributed by atoms with Gasteiger partial charge in [-0.1, -0.05) is 111 Å². The Labute approximate surface area is 531 Å². The molecule has 472 valence electrons. The van der Waals surface area contributed by atoms with Crippen molar-refractivity contribution >= 4 is 66.2 Å². The van der Waals surface area contributed by atoms with Gasteiger partial charge in [-0.3, -0.25) is 29.9 Å². The van der Waals surface area contributed by atoms with Crippen molar-refractivity contribution in [2.45, 2.75) is 194 Å². The first kappa shape index (κ1) is 81.4. The molecule has 0 radical (unpaired) electrons. The van der Waals surface area contributed by atoms with Crippen LogP contribution in [0.1, 0.15) is 178 Å². The second kappa shape index (κ2) is 47.5. The maximum absolute atomic E-state index is 4.37. The fourth-order valence-electron chi connectivity index (χ4n) is 8.34. The molecule has 0 aliphatic carbocycles. The van der Waals surface area contributed by atoms with Crippen LogP contribution in [-0.2, 0) is 0 Å². The van der Waals surface area contributed by atoms with Crippen molar-refractivity contribution in [3.8, 4) is 0 Å². The zero-order chi connectivity index (χ0) is 67.3. The van der Waals surface area contributed by atoms with Gasteiger partial charge in [-0.05, 0) is 226 Å². The quantitative estimate of drug-likeness (QED) is 0.142. The highest BCUT2D eigenvalue weighted by Gasteiger charge is 2.04. The van der Waals surface area contributed by atoms with Gasteiger partial charge < -0.3 is 0 Å². The van der Waals surface area contributed by atoms with Gasteiger partial charge in [0.15, 0.2) is 16.9 Å². The van der Waals surface area contributed by atoms with E-state index in [1.54, 1.807) is 37.2 Å². The van der Waals surface area contributed by atoms with Gasteiger partial charge in [0.1, 0.15) is 0 Å². The Morgan fingerprint density at radius 2 is 0.386 bits per heavy atom. The third-order valence-electron chi connectivity index (χ3n) is 11.4. The van der Waals surface area contributed by atoms with E-state index < -0.39 is 0 Å². The van der Waals surface area contributed by atoms with Crippen LogP contribution in [0.25, 0.3) is 66.2 Å². The summed E-state index contributed by atoms with van der Waals surface area (Å²) in [5.41, 5.74) is 22.0. The molecule has 12 aromatic rings. The van der Waals surface area contributed by atoms with Crippen molar-refractivity contribution in [1.29, 1.82) is 0 Å². The predicted molar refractivity (Wildman–Crippen MR) is 385 cm³/mol. The lowest BCUT2D eigenvalue weighted by Crippen LogP contribution is -1.88. The van der Waals surface area contributed by atoms with E-state index in [0.717, 1.165) is 100 Å². The minimum absolute atomic E-state index is 0.843. The van der Waals surface area contributed by atoms with E-state index in [1.807, 2.05) is 225 Å². The van der Waals surface area contributed by atoms with E-state index >= 15 is 0 Å². The molecule has 0 fully saturated rings. The number of pyridine rings is 12. The molecule has 0 aliphatic rings. The van der Waals surface area contributed by atoms with Crippen LogP contribution in [0.3, 0.4) is 0 Å². The first-order chi connectivity index (χ1) is 42.6. The topological polar surface area (TPSA) is 155 Å². The van der Waals surface area contributed by atoms with Gasteiger partial charge in [0, 0.05) is 87.5 Å². The Hall–Kier alpha value is -8.64. The number of hydrogen-bond donors (Lipinski definition) is 0. The molecule has 12 heteroatoms. The normalized spacial score (nSPS) is 9.14. The Morgan fingerprint density at radius 3 is 0.614 bits per heavy atom. The molecule has 12 aromatic heterocycles. The van der Waals surface area contributed by atoms with Crippen molar-refractivity contribution in [2.24, 2.45) is 0 Å². The summed E-state index contributed by atoms with van der Waals surface area (Å²) < 4.78 is 0. The minimum atomic E-state index is 0.843. The summed E-state index contributed by atoms with van der Waals surface area (Å²) in [5.74, 6) is 0. The molecule has 0 saturated carbocycles. The molecular formula is C76H108N12. The average Bonchev–Trinajstić information content (AvgIpc) is 3.77. The fourth-order valence-corrected chi connectivity index (χ4v) is 8.34. The highest BCUT2D eigenvalue weighted by Crippen LogP contribution is 2.19. The Kier molecular flexibility index (Phi) is 44.0. The van der Waals surface area contributed by atoms with Crippen LogP contribution in [0.2, 0.25) is 0 Å². The maximum atomic E-state index is 4.37. The highest BCUT2D eigenvalue weighted by molar-refractivity contribution is 5.81. The van der Waals surface area contributed by atoms with E-state index in [0.29, 0.717) is 0 Å². The lowest BCUT2D eigenvalue weighted by molar-refractivity contribution is 1.19. The van der Waals surface area contributed by atoms with Crippen LogP contribution in [-0.4, -0.2) is 59.8 Å². The molecule has 0 unspecified atom stereocenters. The number of aryl methyl sites for hydroxylation is 12. The summed E-state index contributed by atoms with van der Waals surface area (Å²) in [7, 11) is 0. The number of rotatable bonds is 0. The molecule has 0 amide bonds. The van der Waals surface area contributed by atoms with Crippen LogP contribution in [0, 0.1) is 83.1 Å². The SMILES string of the molecule is CC.CC.CC.CC.CC.CC.CC.CC.Cc1cc(C)c2cccnc2n1.Cc1cc(C)c2cccnc2n1.Cc1cc(C)c2cccnc2n1.Cc1cc(C)c2ncccc2n1.Cc1cc(C)c2ncccc2n1.Cc1cc(C)c2ncccc2n1. The Balaban J connectivity index is 0. The van der Waals surface area contributed by atoms with E-state index in [9.17, 15) is 0 Å². The van der Waals surface area contributed by atoms with E-state index in [1.165, 1.54) is 33.4 Å².